The van der Waals surface area contributed by atoms with Crippen molar-refractivity contribution in [3.8, 4) is 0 Å². The molecule has 0 aliphatic carbocycles. The number of ether oxygens (including phenoxy) is 1. The predicted molar refractivity (Wildman–Crippen MR) is 105 cm³/mol. The minimum Gasteiger partial charge on any atom is -0.378 e. The molecule has 4 rings (SSSR count). The van der Waals surface area contributed by atoms with Crippen LogP contribution in [-0.4, -0.2) is 49.4 Å². The summed E-state index contributed by atoms with van der Waals surface area (Å²) >= 11 is 0. The van der Waals surface area contributed by atoms with Gasteiger partial charge in [0, 0.05) is 43.8 Å². The molecule has 2 fully saturated rings. The molecule has 1 aromatic heterocycles. The van der Waals surface area contributed by atoms with Crippen molar-refractivity contribution in [1.29, 1.82) is 0 Å². The predicted octanol–water partition coefficient (Wildman–Crippen LogP) is 3.29. The third kappa shape index (κ3) is 4.07. The van der Waals surface area contributed by atoms with Gasteiger partial charge in [0.25, 0.3) is 0 Å². The fourth-order valence-electron chi connectivity index (χ4n) is 3.50. The van der Waals surface area contributed by atoms with Crippen LogP contribution in [0.5, 0.6) is 0 Å². The maximum Gasteiger partial charge on any atom is 0.227 e. The number of nitrogens with one attached hydrogen (secondary N) is 1. The highest BCUT2D eigenvalue weighted by Gasteiger charge is 2.16. The highest BCUT2D eigenvalue weighted by molar-refractivity contribution is 5.61. The van der Waals surface area contributed by atoms with E-state index < -0.39 is 0 Å². The van der Waals surface area contributed by atoms with E-state index in [1.807, 2.05) is 12.3 Å². The molecular weight excluding hydrogens is 326 g/mol. The first kappa shape index (κ1) is 17.1. The van der Waals surface area contributed by atoms with Gasteiger partial charge in [-0.05, 0) is 49.1 Å². The van der Waals surface area contributed by atoms with Crippen LogP contribution in [0.15, 0.2) is 36.5 Å². The molecule has 2 aliphatic heterocycles. The van der Waals surface area contributed by atoms with Crippen molar-refractivity contribution in [1.82, 2.24) is 9.97 Å². The van der Waals surface area contributed by atoms with E-state index in [4.69, 9.17) is 4.74 Å². The van der Waals surface area contributed by atoms with Crippen molar-refractivity contribution in [2.45, 2.75) is 19.8 Å². The first-order valence-corrected chi connectivity index (χ1v) is 9.56. The van der Waals surface area contributed by atoms with Gasteiger partial charge in [-0.25, -0.2) is 4.98 Å². The summed E-state index contributed by atoms with van der Waals surface area (Å²) in [4.78, 5) is 13.7. The van der Waals surface area contributed by atoms with Gasteiger partial charge in [0.05, 0.1) is 13.2 Å². The number of rotatable bonds is 4. The Kier molecular flexibility index (Phi) is 5.20. The van der Waals surface area contributed by atoms with E-state index in [0.717, 1.165) is 62.8 Å². The molecule has 0 spiro atoms. The second-order valence-electron chi connectivity index (χ2n) is 7.18. The molecule has 1 aromatic carbocycles. The zero-order valence-electron chi connectivity index (χ0n) is 15.4. The normalized spacial score (nSPS) is 18.8. The Labute approximate surface area is 155 Å². The number of hydrogen-bond donors (Lipinski definition) is 1. The lowest BCUT2D eigenvalue weighted by Gasteiger charge is -2.32. The Balaban J connectivity index is 1.41. The molecule has 0 atom stereocenters. The molecule has 6 heteroatoms. The zero-order valence-corrected chi connectivity index (χ0v) is 15.4. The van der Waals surface area contributed by atoms with Crippen molar-refractivity contribution in [2.75, 3.05) is 54.5 Å². The van der Waals surface area contributed by atoms with Gasteiger partial charge in [-0.2, -0.15) is 4.98 Å². The van der Waals surface area contributed by atoms with Crippen molar-refractivity contribution < 1.29 is 4.74 Å². The van der Waals surface area contributed by atoms with Gasteiger partial charge < -0.3 is 19.9 Å². The fraction of sp³-hybridized carbons (Fsp3) is 0.500. The summed E-state index contributed by atoms with van der Waals surface area (Å²) < 4.78 is 5.40. The molecule has 2 saturated heterocycles. The molecule has 2 aromatic rings. The zero-order chi connectivity index (χ0) is 17.8. The van der Waals surface area contributed by atoms with Crippen LogP contribution in [0.4, 0.5) is 23.1 Å². The van der Waals surface area contributed by atoms with Crippen LogP contribution in [0.1, 0.15) is 19.8 Å². The topological polar surface area (TPSA) is 53.5 Å². The summed E-state index contributed by atoms with van der Waals surface area (Å²) in [6.45, 7) is 7.80. The molecule has 3 heterocycles. The van der Waals surface area contributed by atoms with Crippen LogP contribution >= 0.6 is 0 Å². The summed E-state index contributed by atoms with van der Waals surface area (Å²) in [5.41, 5.74) is 2.35. The molecular formula is C20H27N5O. The summed E-state index contributed by atoms with van der Waals surface area (Å²) in [7, 11) is 0. The molecule has 0 unspecified atom stereocenters. The molecule has 0 saturated carbocycles. The second kappa shape index (κ2) is 7.91. The van der Waals surface area contributed by atoms with Gasteiger partial charge in [-0.15, -0.1) is 0 Å². The lowest BCUT2D eigenvalue weighted by Crippen LogP contribution is -2.37. The number of aromatic nitrogens is 2. The van der Waals surface area contributed by atoms with Crippen LogP contribution in [-0.2, 0) is 4.74 Å². The van der Waals surface area contributed by atoms with Gasteiger partial charge >= 0.3 is 0 Å². The lowest BCUT2D eigenvalue weighted by molar-refractivity contribution is 0.122. The van der Waals surface area contributed by atoms with Crippen LogP contribution in [0.25, 0.3) is 0 Å². The molecule has 0 bridgehead atoms. The van der Waals surface area contributed by atoms with Crippen molar-refractivity contribution in [2.24, 2.45) is 5.92 Å². The molecule has 2 aliphatic rings. The van der Waals surface area contributed by atoms with E-state index >= 15 is 0 Å². The average molecular weight is 353 g/mol. The summed E-state index contributed by atoms with van der Waals surface area (Å²) in [6.07, 6.45) is 4.37. The fourth-order valence-corrected chi connectivity index (χ4v) is 3.50. The monoisotopic (exact) mass is 353 g/mol. The van der Waals surface area contributed by atoms with Crippen LogP contribution in [0.3, 0.4) is 0 Å². The number of nitrogens with zero attached hydrogens (tertiary/aromatic N) is 4. The molecule has 1 N–H and O–H groups in total. The Morgan fingerprint density at radius 2 is 1.69 bits per heavy atom. The van der Waals surface area contributed by atoms with E-state index in [9.17, 15) is 0 Å². The second-order valence-corrected chi connectivity index (χ2v) is 7.18. The summed E-state index contributed by atoms with van der Waals surface area (Å²) in [5, 5.41) is 3.39. The first-order chi connectivity index (χ1) is 12.8. The largest absolute Gasteiger partial charge is 0.378 e. The number of piperidine rings is 1. The van der Waals surface area contributed by atoms with Gasteiger partial charge in [0.15, 0.2) is 0 Å². The standard InChI is InChI=1S/C20H27N5O/c1-16-7-10-24(11-8-16)18-4-2-17(3-5-18)22-19-6-9-21-20(23-19)25-12-14-26-15-13-25/h2-6,9,16H,7-8,10-15H2,1H3,(H,21,22,23). The first-order valence-electron chi connectivity index (χ1n) is 9.56. The Morgan fingerprint density at radius 1 is 0.962 bits per heavy atom. The van der Waals surface area contributed by atoms with E-state index in [1.165, 1.54) is 18.5 Å². The maximum absolute atomic E-state index is 5.40. The van der Waals surface area contributed by atoms with E-state index in [1.54, 1.807) is 0 Å². The van der Waals surface area contributed by atoms with Crippen LogP contribution < -0.4 is 15.1 Å². The number of hydrogen-bond acceptors (Lipinski definition) is 6. The average Bonchev–Trinajstić information content (AvgIpc) is 2.70. The van der Waals surface area contributed by atoms with E-state index in [-0.39, 0.29) is 0 Å². The van der Waals surface area contributed by atoms with Crippen molar-refractivity contribution >= 4 is 23.1 Å². The minimum atomic E-state index is 0.734. The van der Waals surface area contributed by atoms with Gasteiger partial charge in [0.2, 0.25) is 5.95 Å². The highest BCUT2D eigenvalue weighted by Crippen LogP contribution is 2.25. The quantitative estimate of drug-likeness (QED) is 0.910. The third-order valence-electron chi connectivity index (χ3n) is 5.23. The molecule has 26 heavy (non-hydrogen) atoms. The lowest BCUT2D eigenvalue weighted by atomic mass is 9.99. The SMILES string of the molecule is CC1CCN(c2ccc(Nc3ccnc(N4CCOCC4)n3)cc2)CC1. The van der Waals surface area contributed by atoms with E-state index in [0.29, 0.717) is 0 Å². The highest BCUT2D eigenvalue weighted by atomic mass is 16.5. The van der Waals surface area contributed by atoms with Gasteiger partial charge in [-0.3, -0.25) is 0 Å². The third-order valence-corrected chi connectivity index (χ3v) is 5.23. The maximum atomic E-state index is 5.40. The van der Waals surface area contributed by atoms with Crippen LogP contribution in [0, 0.1) is 5.92 Å². The molecule has 0 radical (unpaired) electrons. The Hall–Kier alpha value is -2.34. The van der Waals surface area contributed by atoms with E-state index in [2.05, 4.69) is 56.3 Å². The van der Waals surface area contributed by atoms with Crippen molar-refractivity contribution in [3.63, 3.8) is 0 Å². The Bertz CT molecular complexity index is 706. The number of morpholine rings is 1. The minimum absolute atomic E-state index is 0.734. The molecule has 0 amide bonds. The smallest absolute Gasteiger partial charge is 0.227 e. The summed E-state index contributed by atoms with van der Waals surface area (Å²) in [6, 6.07) is 10.6. The van der Waals surface area contributed by atoms with Crippen molar-refractivity contribution in [3.05, 3.63) is 36.5 Å². The number of benzene rings is 1. The molecule has 6 nitrogen and oxygen atoms in total. The van der Waals surface area contributed by atoms with Crippen LogP contribution in [0.2, 0.25) is 0 Å². The van der Waals surface area contributed by atoms with Gasteiger partial charge in [-0.1, -0.05) is 6.92 Å². The summed E-state index contributed by atoms with van der Waals surface area (Å²) in [5.74, 6) is 2.43. The molecule has 138 valence electrons. The van der Waals surface area contributed by atoms with Gasteiger partial charge in [0.1, 0.15) is 5.82 Å². The number of anilines is 4. The Morgan fingerprint density at radius 3 is 2.42 bits per heavy atom.